The summed E-state index contributed by atoms with van der Waals surface area (Å²) in [6, 6.07) is 5.70. The van der Waals surface area contributed by atoms with E-state index in [0.717, 1.165) is 5.56 Å². The van der Waals surface area contributed by atoms with E-state index in [2.05, 4.69) is 10.3 Å². The molecule has 0 aliphatic carbocycles. The number of carbonyl (C=O) groups excluding carboxylic acids is 1. The third-order valence-electron chi connectivity index (χ3n) is 2.76. The highest BCUT2D eigenvalue weighted by molar-refractivity contribution is 6.29. The van der Waals surface area contributed by atoms with Crippen molar-refractivity contribution >= 4 is 23.2 Å². The maximum atomic E-state index is 13.0. The Labute approximate surface area is 115 Å². The normalized spacial score (nSPS) is 10.3. The first-order chi connectivity index (χ1) is 8.97. The van der Waals surface area contributed by atoms with Crippen molar-refractivity contribution in [1.29, 1.82) is 0 Å². The first kappa shape index (κ1) is 13.5. The van der Waals surface area contributed by atoms with Crippen molar-refractivity contribution in [2.75, 3.05) is 5.32 Å². The minimum Gasteiger partial charge on any atom is -0.320 e. The minimum atomic E-state index is -0.363. The molecule has 1 amide bonds. The molecule has 1 heterocycles. The lowest BCUT2D eigenvalue weighted by Gasteiger charge is -2.09. The summed E-state index contributed by atoms with van der Waals surface area (Å²) < 4.78 is 13.0. The number of hydrogen-bond acceptors (Lipinski definition) is 2. The van der Waals surface area contributed by atoms with E-state index in [1.807, 2.05) is 6.92 Å². The smallest absolute Gasteiger partial charge is 0.255 e. The molecule has 0 fully saturated rings. The van der Waals surface area contributed by atoms with Crippen molar-refractivity contribution in [3.8, 4) is 0 Å². The second-order valence-corrected chi connectivity index (χ2v) is 4.62. The molecule has 5 heteroatoms. The summed E-state index contributed by atoms with van der Waals surface area (Å²) in [5, 5.41) is 3.10. The monoisotopic (exact) mass is 278 g/mol. The molecular weight excluding hydrogens is 267 g/mol. The fraction of sp³-hybridized carbons (Fsp3) is 0.143. The van der Waals surface area contributed by atoms with Crippen molar-refractivity contribution in [3.05, 3.63) is 58.1 Å². The number of pyridine rings is 1. The Balaban J connectivity index is 2.25. The fourth-order valence-corrected chi connectivity index (χ4v) is 1.94. The van der Waals surface area contributed by atoms with Crippen molar-refractivity contribution in [3.63, 3.8) is 0 Å². The average Bonchev–Trinajstić information content (AvgIpc) is 2.32. The van der Waals surface area contributed by atoms with E-state index in [0.29, 0.717) is 22.0 Å². The maximum absolute atomic E-state index is 13.0. The molecule has 0 atom stereocenters. The summed E-state index contributed by atoms with van der Waals surface area (Å²) in [6.07, 6.45) is 1.49. The van der Waals surface area contributed by atoms with E-state index in [9.17, 15) is 9.18 Å². The van der Waals surface area contributed by atoms with Crippen LogP contribution < -0.4 is 5.32 Å². The van der Waals surface area contributed by atoms with Gasteiger partial charge >= 0.3 is 0 Å². The Morgan fingerprint density at radius 3 is 2.63 bits per heavy atom. The number of carbonyl (C=O) groups is 1. The molecule has 0 aliphatic heterocycles. The number of nitrogens with zero attached hydrogens (tertiary/aromatic N) is 1. The van der Waals surface area contributed by atoms with Crippen LogP contribution in [0.25, 0.3) is 0 Å². The largest absolute Gasteiger partial charge is 0.320 e. The number of hydrogen-bond donors (Lipinski definition) is 1. The van der Waals surface area contributed by atoms with Crippen LogP contribution in [-0.2, 0) is 0 Å². The quantitative estimate of drug-likeness (QED) is 0.850. The van der Waals surface area contributed by atoms with E-state index in [1.165, 1.54) is 24.4 Å². The van der Waals surface area contributed by atoms with Crippen LogP contribution >= 0.6 is 11.6 Å². The SMILES string of the molecule is Cc1cc(Cl)ncc1NC(=O)c1ccc(F)cc1C. The Morgan fingerprint density at radius 2 is 2.00 bits per heavy atom. The highest BCUT2D eigenvalue weighted by Gasteiger charge is 2.11. The Kier molecular flexibility index (Phi) is 3.81. The molecule has 0 unspecified atom stereocenters. The Morgan fingerprint density at radius 1 is 1.26 bits per heavy atom. The predicted molar refractivity (Wildman–Crippen MR) is 73.1 cm³/mol. The van der Waals surface area contributed by atoms with Crippen LogP contribution in [0.15, 0.2) is 30.5 Å². The third-order valence-corrected chi connectivity index (χ3v) is 2.97. The molecule has 0 radical (unpaired) electrons. The lowest BCUT2D eigenvalue weighted by molar-refractivity contribution is 0.102. The molecule has 0 spiro atoms. The number of aryl methyl sites for hydroxylation is 2. The summed E-state index contributed by atoms with van der Waals surface area (Å²) >= 11 is 5.75. The Hall–Kier alpha value is -1.94. The van der Waals surface area contributed by atoms with Gasteiger partial charge in [0.25, 0.3) is 5.91 Å². The van der Waals surface area contributed by atoms with Crippen LogP contribution in [0, 0.1) is 19.7 Å². The molecule has 2 rings (SSSR count). The Bertz CT molecular complexity index is 643. The van der Waals surface area contributed by atoms with Crippen molar-refractivity contribution in [2.45, 2.75) is 13.8 Å². The van der Waals surface area contributed by atoms with E-state index >= 15 is 0 Å². The van der Waals surface area contributed by atoms with Gasteiger partial charge in [0.1, 0.15) is 11.0 Å². The van der Waals surface area contributed by atoms with Gasteiger partial charge in [-0.25, -0.2) is 9.37 Å². The molecule has 1 aromatic carbocycles. The van der Waals surface area contributed by atoms with Crippen molar-refractivity contribution in [2.24, 2.45) is 0 Å². The van der Waals surface area contributed by atoms with Gasteiger partial charge in [0, 0.05) is 5.56 Å². The first-order valence-corrected chi connectivity index (χ1v) is 6.05. The maximum Gasteiger partial charge on any atom is 0.255 e. The molecule has 0 saturated carbocycles. The van der Waals surface area contributed by atoms with Crippen LogP contribution in [0.4, 0.5) is 10.1 Å². The zero-order valence-corrected chi connectivity index (χ0v) is 11.3. The third kappa shape index (κ3) is 3.09. The molecule has 2 aromatic rings. The van der Waals surface area contributed by atoms with Crippen molar-refractivity contribution < 1.29 is 9.18 Å². The van der Waals surface area contributed by atoms with Gasteiger partial charge < -0.3 is 5.32 Å². The van der Waals surface area contributed by atoms with Crippen molar-refractivity contribution in [1.82, 2.24) is 4.98 Å². The molecule has 0 saturated heterocycles. The zero-order valence-electron chi connectivity index (χ0n) is 10.5. The first-order valence-electron chi connectivity index (χ1n) is 5.67. The molecule has 3 nitrogen and oxygen atoms in total. The van der Waals surface area contributed by atoms with Gasteiger partial charge in [-0.15, -0.1) is 0 Å². The zero-order chi connectivity index (χ0) is 14.0. The fourth-order valence-electron chi connectivity index (χ4n) is 1.72. The van der Waals surface area contributed by atoms with E-state index in [-0.39, 0.29) is 11.7 Å². The van der Waals surface area contributed by atoms with Crippen LogP contribution in [0.2, 0.25) is 5.15 Å². The standard InChI is InChI=1S/C14H12ClFN2O/c1-8-5-10(16)3-4-11(8)14(19)18-12-7-17-13(15)6-9(12)2/h3-7H,1-2H3,(H,18,19). The number of anilines is 1. The lowest BCUT2D eigenvalue weighted by atomic mass is 10.1. The number of benzene rings is 1. The van der Waals surface area contributed by atoms with Gasteiger partial charge in [-0.05, 0) is 49.2 Å². The number of rotatable bonds is 2. The molecular formula is C14H12ClFN2O. The van der Waals surface area contributed by atoms with Crippen LogP contribution in [0.1, 0.15) is 21.5 Å². The molecule has 0 aliphatic rings. The van der Waals surface area contributed by atoms with Gasteiger partial charge in [-0.2, -0.15) is 0 Å². The molecule has 19 heavy (non-hydrogen) atoms. The van der Waals surface area contributed by atoms with E-state index in [4.69, 9.17) is 11.6 Å². The summed E-state index contributed by atoms with van der Waals surface area (Å²) in [5.74, 6) is -0.664. The molecule has 0 bridgehead atoms. The lowest BCUT2D eigenvalue weighted by Crippen LogP contribution is -2.14. The van der Waals surface area contributed by atoms with E-state index in [1.54, 1.807) is 13.0 Å². The van der Waals surface area contributed by atoms with Gasteiger partial charge in [-0.1, -0.05) is 11.6 Å². The summed E-state index contributed by atoms with van der Waals surface area (Å²) in [4.78, 5) is 16.0. The number of aromatic nitrogens is 1. The minimum absolute atomic E-state index is 0.301. The molecule has 1 aromatic heterocycles. The van der Waals surface area contributed by atoms with Gasteiger partial charge in [-0.3, -0.25) is 4.79 Å². The predicted octanol–water partition coefficient (Wildman–Crippen LogP) is 3.74. The number of halogens is 2. The molecule has 98 valence electrons. The van der Waals surface area contributed by atoms with Gasteiger partial charge in [0.05, 0.1) is 11.9 Å². The summed E-state index contributed by atoms with van der Waals surface area (Å²) in [7, 11) is 0. The van der Waals surface area contributed by atoms with Crippen LogP contribution in [-0.4, -0.2) is 10.9 Å². The summed E-state index contributed by atoms with van der Waals surface area (Å²) in [6.45, 7) is 3.51. The highest BCUT2D eigenvalue weighted by Crippen LogP contribution is 2.18. The van der Waals surface area contributed by atoms with Crippen LogP contribution in [0.5, 0.6) is 0 Å². The van der Waals surface area contributed by atoms with Gasteiger partial charge in [0.15, 0.2) is 0 Å². The topological polar surface area (TPSA) is 42.0 Å². The number of amides is 1. The second kappa shape index (κ2) is 5.36. The van der Waals surface area contributed by atoms with E-state index < -0.39 is 0 Å². The van der Waals surface area contributed by atoms with Gasteiger partial charge in [0.2, 0.25) is 0 Å². The number of nitrogens with one attached hydrogen (secondary N) is 1. The molecule has 1 N–H and O–H groups in total. The summed E-state index contributed by atoms with van der Waals surface area (Å²) in [5.41, 5.74) is 2.40. The highest BCUT2D eigenvalue weighted by atomic mass is 35.5. The second-order valence-electron chi connectivity index (χ2n) is 4.24. The average molecular weight is 279 g/mol. The van der Waals surface area contributed by atoms with Crippen LogP contribution in [0.3, 0.4) is 0 Å².